The number of carbonyl (C=O) groups excluding carboxylic acids is 2. The van der Waals surface area contributed by atoms with Crippen LogP contribution in [0.5, 0.6) is 0 Å². The zero-order chi connectivity index (χ0) is 17.1. The quantitative estimate of drug-likeness (QED) is 0.823. The number of benzene rings is 1. The van der Waals surface area contributed by atoms with E-state index in [-0.39, 0.29) is 11.9 Å². The highest BCUT2D eigenvalue weighted by Crippen LogP contribution is 2.22. The molecule has 3 amide bonds. The van der Waals surface area contributed by atoms with Crippen LogP contribution in [0.3, 0.4) is 0 Å². The van der Waals surface area contributed by atoms with E-state index in [9.17, 15) is 9.59 Å². The molecule has 3 rings (SSSR count). The van der Waals surface area contributed by atoms with Gasteiger partial charge >= 0.3 is 6.03 Å². The van der Waals surface area contributed by atoms with Crippen molar-refractivity contribution in [2.24, 2.45) is 0 Å². The van der Waals surface area contributed by atoms with Crippen LogP contribution >= 0.6 is 11.6 Å². The fourth-order valence-electron chi connectivity index (χ4n) is 3.13. The summed E-state index contributed by atoms with van der Waals surface area (Å²) in [5.74, 6) is -0.279. The summed E-state index contributed by atoms with van der Waals surface area (Å²) >= 11 is 6.03. The Morgan fingerprint density at radius 2 is 2.00 bits per heavy atom. The Kier molecular flexibility index (Phi) is 5.06. The number of nitrogens with one attached hydrogen (secondary N) is 2. The number of hydrogen-bond donors (Lipinski definition) is 2. The molecule has 2 heterocycles. The highest BCUT2D eigenvalue weighted by molar-refractivity contribution is 6.34. The first-order valence-electron chi connectivity index (χ1n) is 8.05. The van der Waals surface area contributed by atoms with Gasteiger partial charge in [0.1, 0.15) is 0 Å². The van der Waals surface area contributed by atoms with Gasteiger partial charge in [-0.25, -0.2) is 4.79 Å². The van der Waals surface area contributed by atoms with Gasteiger partial charge in [0.25, 0.3) is 5.91 Å². The minimum Gasteiger partial charge on any atom is -0.355 e. The number of halogens is 1. The van der Waals surface area contributed by atoms with Gasteiger partial charge in [0.2, 0.25) is 0 Å². The van der Waals surface area contributed by atoms with Gasteiger partial charge in [0, 0.05) is 45.0 Å². The van der Waals surface area contributed by atoms with Crippen LogP contribution in [0.1, 0.15) is 16.8 Å². The first-order chi connectivity index (χ1) is 11.6. The van der Waals surface area contributed by atoms with Crippen molar-refractivity contribution in [3.8, 4) is 0 Å². The van der Waals surface area contributed by atoms with Crippen molar-refractivity contribution in [1.29, 1.82) is 0 Å². The first-order valence-corrected chi connectivity index (χ1v) is 8.43. The number of amides is 3. The van der Waals surface area contributed by atoms with Crippen molar-refractivity contribution in [2.45, 2.75) is 12.5 Å². The van der Waals surface area contributed by atoms with Crippen molar-refractivity contribution >= 4 is 29.2 Å². The van der Waals surface area contributed by atoms with Crippen molar-refractivity contribution in [2.75, 3.05) is 38.5 Å². The number of likely N-dealkylation sites (tertiary alicyclic amines) is 1. The predicted molar refractivity (Wildman–Crippen MR) is 94.6 cm³/mol. The maximum atomic E-state index is 12.5. The van der Waals surface area contributed by atoms with E-state index in [2.05, 4.69) is 27.7 Å². The predicted octanol–water partition coefficient (Wildman–Crippen LogP) is 2.18. The van der Waals surface area contributed by atoms with Crippen LogP contribution in [0.2, 0.25) is 5.02 Å². The smallest absolute Gasteiger partial charge is 0.321 e. The molecule has 128 valence electrons. The van der Waals surface area contributed by atoms with Crippen LogP contribution in [-0.2, 0) is 0 Å². The number of carbonyl (C=O) groups is 2. The summed E-state index contributed by atoms with van der Waals surface area (Å²) in [7, 11) is 1.54. The summed E-state index contributed by atoms with van der Waals surface area (Å²) in [6.45, 7) is 3.39. The monoisotopic (exact) mass is 348 g/mol. The standard InChI is InChI=1S/C17H21ClN4O2/c1-19-16(23)14-10-12(4-5-15(14)18)20-17(24)22-9-6-13(11-22)21-7-2-3-8-21/h2-5,10,13H,6-9,11H2,1H3,(H,19,23)(H,20,24). The van der Waals surface area contributed by atoms with Gasteiger partial charge in [-0.2, -0.15) is 0 Å². The summed E-state index contributed by atoms with van der Waals surface area (Å²) in [5.41, 5.74) is 0.911. The second-order valence-corrected chi connectivity index (χ2v) is 6.42. The molecular formula is C17H21ClN4O2. The van der Waals surface area contributed by atoms with E-state index in [1.165, 1.54) is 0 Å². The maximum Gasteiger partial charge on any atom is 0.321 e. The Hall–Kier alpha value is -2.05. The number of hydrogen-bond acceptors (Lipinski definition) is 3. The van der Waals surface area contributed by atoms with Crippen LogP contribution in [0.4, 0.5) is 10.5 Å². The van der Waals surface area contributed by atoms with Gasteiger partial charge in [0.15, 0.2) is 0 Å². The average molecular weight is 349 g/mol. The maximum absolute atomic E-state index is 12.5. The van der Waals surface area contributed by atoms with Crippen LogP contribution in [0.25, 0.3) is 0 Å². The van der Waals surface area contributed by atoms with Crippen LogP contribution < -0.4 is 10.6 Å². The van der Waals surface area contributed by atoms with Gasteiger partial charge in [-0.3, -0.25) is 9.69 Å². The van der Waals surface area contributed by atoms with E-state index in [0.717, 1.165) is 32.6 Å². The Labute approximate surface area is 146 Å². The molecule has 1 aromatic rings. The molecule has 1 saturated heterocycles. The molecule has 1 aromatic carbocycles. The summed E-state index contributed by atoms with van der Waals surface area (Å²) in [4.78, 5) is 28.4. The second kappa shape index (κ2) is 7.23. The SMILES string of the molecule is CNC(=O)c1cc(NC(=O)N2CCC(N3CC=CC3)C2)ccc1Cl. The lowest BCUT2D eigenvalue weighted by Crippen LogP contribution is -2.38. The highest BCUT2D eigenvalue weighted by atomic mass is 35.5. The Bertz CT molecular complexity index is 669. The van der Waals surface area contributed by atoms with Crippen LogP contribution in [-0.4, -0.2) is 61.0 Å². The highest BCUT2D eigenvalue weighted by Gasteiger charge is 2.30. The van der Waals surface area contributed by atoms with Crippen molar-refractivity contribution in [1.82, 2.24) is 15.1 Å². The number of rotatable bonds is 3. The molecule has 1 unspecified atom stereocenters. The zero-order valence-electron chi connectivity index (χ0n) is 13.6. The summed E-state index contributed by atoms with van der Waals surface area (Å²) in [6.07, 6.45) is 5.31. The topological polar surface area (TPSA) is 64.7 Å². The van der Waals surface area contributed by atoms with E-state index >= 15 is 0 Å². The molecule has 2 N–H and O–H groups in total. The molecular weight excluding hydrogens is 328 g/mol. The van der Waals surface area contributed by atoms with Crippen molar-refractivity contribution < 1.29 is 9.59 Å². The van der Waals surface area contributed by atoms with Gasteiger partial charge in [0.05, 0.1) is 10.6 Å². The van der Waals surface area contributed by atoms with Crippen molar-refractivity contribution in [3.05, 3.63) is 40.9 Å². The Morgan fingerprint density at radius 3 is 2.71 bits per heavy atom. The fourth-order valence-corrected chi connectivity index (χ4v) is 3.33. The summed E-state index contributed by atoms with van der Waals surface area (Å²) in [5, 5.41) is 5.75. The molecule has 0 aromatic heterocycles. The van der Waals surface area contributed by atoms with Crippen LogP contribution in [0, 0.1) is 0 Å². The third kappa shape index (κ3) is 3.55. The number of anilines is 1. The van der Waals surface area contributed by atoms with E-state index in [1.54, 1.807) is 25.2 Å². The lowest BCUT2D eigenvalue weighted by molar-refractivity contribution is 0.0963. The Morgan fingerprint density at radius 1 is 1.25 bits per heavy atom. The third-order valence-electron chi connectivity index (χ3n) is 4.50. The number of nitrogens with zero attached hydrogens (tertiary/aromatic N) is 2. The molecule has 0 spiro atoms. The Balaban J connectivity index is 1.62. The number of urea groups is 1. The molecule has 1 atom stereocenters. The second-order valence-electron chi connectivity index (χ2n) is 6.02. The largest absolute Gasteiger partial charge is 0.355 e. The van der Waals surface area contributed by atoms with Gasteiger partial charge in [-0.1, -0.05) is 23.8 Å². The van der Waals surface area contributed by atoms with Gasteiger partial charge in [-0.05, 0) is 24.6 Å². The van der Waals surface area contributed by atoms with Gasteiger partial charge in [-0.15, -0.1) is 0 Å². The first kappa shape index (κ1) is 16.8. The molecule has 6 nitrogen and oxygen atoms in total. The minimum atomic E-state index is -0.279. The molecule has 1 fully saturated rings. The lowest BCUT2D eigenvalue weighted by Gasteiger charge is -2.23. The van der Waals surface area contributed by atoms with E-state index in [4.69, 9.17) is 11.6 Å². The van der Waals surface area contributed by atoms with Crippen LogP contribution in [0.15, 0.2) is 30.4 Å². The molecule has 24 heavy (non-hydrogen) atoms. The molecule has 2 aliphatic heterocycles. The molecule has 0 radical (unpaired) electrons. The normalized spacial score (nSPS) is 20.4. The fraction of sp³-hybridized carbons (Fsp3) is 0.412. The van der Waals surface area contributed by atoms with Gasteiger partial charge < -0.3 is 15.5 Å². The molecule has 0 bridgehead atoms. The van der Waals surface area contributed by atoms with Crippen molar-refractivity contribution in [3.63, 3.8) is 0 Å². The minimum absolute atomic E-state index is 0.144. The van der Waals surface area contributed by atoms with E-state index in [1.807, 2.05) is 4.90 Å². The molecule has 7 heteroatoms. The zero-order valence-corrected chi connectivity index (χ0v) is 14.3. The summed E-state index contributed by atoms with van der Waals surface area (Å²) < 4.78 is 0. The average Bonchev–Trinajstić information content (AvgIpc) is 3.26. The lowest BCUT2D eigenvalue weighted by atomic mass is 10.2. The van der Waals surface area contributed by atoms with E-state index < -0.39 is 0 Å². The molecule has 2 aliphatic rings. The summed E-state index contributed by atoms with van der Waals surface area (Å²) in [6, 6.07) is 5.18. The molecule has 0 aliphatic carbocycles. The third-order valence-corrected chi connectivity index (χ3v) is 4.83. The molecule has 0 saturated carbocycles. The van der Waals surface area contributed by atoms with E-state index in [0.29, 0.717) is 22.3 Å².